The maximum atomic E-state index is 13.0. The lowest BCUT2D eigenvalue weighted by molar-refractivity contribution is -0.212. The lowest BCUT2D eigenvalue weighted by Gasteiger charge is -2.60. The monoisotopic (exact) mass is 472 g/mol. The van der Waals surface area contributed by atoms with Crippen molar-refractivity contribution in [3.63, 3.8) is 0 Å². The fourth-order valence-corrected chi connectivity index (χ4v) is 7.69. The molecule has 31 heavy (non-hydrogen) atoms. The zero-order valence-corrected chi connectivity index (χ0v) is 19.7. The van der Waals surface area contributed by atoms with Gasteiger partial charge in [-0.3, -0.25) is 4.79 Å². The Morgan fingerprint density at radius 3 is 2.55 bits per heavy atom. The number of hydrogen-bond donors (Lipinski definition) is 1. The Morgan fingerprint density at radius 1 is 1.19 bits per heavy atom. The van der Waals surface area contributed by atoms with Crippen molar-refractivity contribution in [1.29, 1.82) is 0 Å². The molecule has 6 nitrogen and oxygen atoms in total. The molecule has 3 fully saturated rings. The van der Waals surface area contributed by atoms with Gasteiger partial charge in [-0.1, -0.05) is 42.6 Å². The molecule has 0 saturated heterocycles. The minimum Gasteiger partial charge on any atom is -0.466 e. The first-order valence-corrected chi connectivity index (χ1v) is 11.9. The molecule has 0 aromatic rings. The van der Waals surface area contributed by atoms with Crippen molar-refractivity contribution in [1.82, 2.24) is 0 Å². The molecule has 0 aromatic carbocycles. The van der Waals surface area contributed by atoms with Crippen LogP contribution in [0.15, 0.2) is 11.6 Å². The van der Waals surface area contributed by atoms with Gasteiger partial charge in [0.1, 0.15) is 0 Å². The van der Waals surface area contributed by atoms with Crippen molar-refractivity contribution >= 4 is 40.9 Å². The van der Waals surface area contributed by atoms with Crippen LogP contribution in [0.5, 0.6) is 0 Å². The number of ether oxygens (including phenoxy) is 2. The van der Waals surface area contributed by atoms with Crippen LogP contribution in [-0.2, 0) is 23.9 Å². The van der Waals surface area contributed by atoms with Crippen LogP contribution < -0.4 is 0 Å². The van der Waals surface area contributed by atoms with E-state index < -0.39 is 33.9 Å². The number of carbonyl (C=O) groups excluding carboxylic acids is 3. The molecule has 0 aliphatic heterocycles. The molecule has 172 valence electrons. The first kappa shape index (κ1) is 23.1. The molecule has 1 N–H and O–H groups in total. The van der Waals surface area contributed by atoms with E-state index in [1.165, 1.54) is 7.11 Å². The molecule has 7 atom stereocenters. The zero-order chi connectivity index (χ0) is 22.8. The second kappa shape index (κ2) is 7.74. The highest BCUT2D eigenvalue weighted by atomic mass is 35.5. The minimum atomic E-state index is -1.53. The Bertz CT molecular complexity index is 840. The Balaban J connectivity index is 1.74. The third-order valence-electron chi connectivity index (χ3n) is 8.98. The Kier molecular flexibility index (Phi) is 5.76. The molecule has 4 rings (SSSR count). The van der Waals surface area contributed by atoms with Gasteiger partial charge < -0.3 is 14.6 Å². The van der Waals surface area contributed by atoms with Crippen molar-refractivity contribution in [2.45, 2.75) is 75.3 Å². The highest BCUT2D eigenvalue weighted by Crippen LogP contribution is 2.68. The maximum absolute atomic E-state index is 13.0. The number of aliphatic hydroxyl groups excluding tert-OH is 1. The van der Waals surface area contributed by atoms with Crippen LogP contribution in [0, 0.1) is 28.6 Å². The van der Waals surface area contributed by atoms with E-state index in [0.717, 1.165) is 24.8 Å². The number of carbonyl (C=O) groups is 3. The van der Waals surface area contributed by atoms with Crippen molar-refractivity contribution < 1.29 is 29.0 Å². The van der Waals surface area contributed by atoms with Gasteiger partial charge in [0, 0.05) is 11.8 Å². The van der Waals surface area contributed by atoms with Crippen molar-refractivity contribution in [2.24, 2.45) is 28.6 Å². The number of halogens is 2. The molecular weight excluding hydrogens is 443 g/mol. The average Bonchev–Trinajstić information content (AvgIpc) is 3.00. The summed E-state index contributed by atoms with van der Waals surface area (Å²) in [5.41, 5.74) is -1.43. The van der Waals surface area contributed by atoms with Crippen LogP contribution in [-0.4, -0.2) is 46.5 Å². The van der Waals surface area contributed by atoms with Crippen molar-refractivity contribution in [2.75, 3.05) is 7.11 Å². The van der Waals surface area contributed by atoms with Gasteiger partial charge in [-0.15, -0.1) is 0 Å². The summed E-state index contributed by atoms with van der Waals surface area (Å²) < 4.78 is 10.8. The molecule has 0 heterocycles. The predicted octanol–water partition coefficient (Wildman–Crippen LogP) is 3.75. The second-order valence-corrected chi connectivity index (χ2v) is 11.3. The summed E-state index contributed by atoms with van der Waals surface area (Å²) in [5.74, 6) is -1.13. The Morgan fingerprint density at radius 2 is 1.90 bits per heavy atom. The molecule has 8 heteroatoms. The van der Waals surface area contributed by atoms with Crippen molar-refractivity contribution in [3.05, 3.63) is 11.6 Å². The SMILES string of the molecule is COC(=O)C1(OC(=O)C(Cl)Cl)CC[C@H]2[C@@H]3CCC4=CC(=O)CC[C@]4(C)[C@@H]3C(O)C[C@@]21C. The van der Waals surface area contributed by atoms with Gasteiger partial charge in [0.05, 0.1) is 13.2 Å². The fourth-order valence-electron chi connectivity index (χ4n) is 7.60. The molecule has 3 saturated carbocycles. The number of hydrogen-bond acceptors (Lipinski definition) is 6. The van der Waals surface area contributed by atoms with Crippen LogP contribution in [0.1, 0.15) is 58.8 Å². The number of aliphatic hydroxyl groups is 1. The van der Waals surface area contributed by atoms with E-state index in [2.05, 4.69) is 6.92 Å². The average molecular weight is 473 g/mol. The van der Waals surface area contributed by atoms with Gasteiger partial charge in [-0.05, 0) is 67.8 Å². The van der Waals surface area contributed by atoms with Gasteiger partial charge in [0.25, 0.3) is 0 Å². The van der Waals surface area contributed by atoms with Gasteiger partial charge in [-0.2, -0.15) is 0 Å². The van der Waals surface area contributed by atoms with Crippen LogP contribution >= 0.6 is 23.2 Å². The number of esters is 2. The summed E-state index contributed by atoms with van der Waals surface area (Å²) >= 11 is 11.5. The molecule has 0 aromatic heterocycles. The van der Waals surface area contributed by atoms with Gasteiger partial charge in [-0.25, -0.2) is 9.59 Å². The predicted molar refractivity (Wildman–Crippen MR) is 114 cm³/mol. The third-order valence-corrected chi connectivity index (χ3v) is 9.34. The van der Waals surface area contributed by atoms with E-state index in [-0.39, 0.29) is 29.0 Å². The number of ketones is 1. The number of rotatable bonds is 3. The molecule has 0 radical (unpaired) electrons. The topological polar surface area (TPSA) is 89.9 Å². The van der Waals surface area contributed by atoms with Gasteiger partial charge >= 0.3 is 11.9 Å². The highest BCUT2D eigenvalue weighted by Gasteiger charge is 2.71. The number of allylic oxidation sites excluding steroid dienone is 1. The smallest absolute Gasteiger partial charge is 0.350 e. The summed E-state index contributed by atoms with van der Waals surface area (Å²) in [6, 6.07) is 0. The van der Waals surface area contributed by atoms with Gasteiger partial charge in [0.2, 0.25) is 10.4 Å². The largest absolute Gasteiger partial charge is 0.466 e. The lowest BCUT2D eigenvalue weighted by Crippen LogP contribution is -2.63. The van der Waals surface area contributed by atoms with E-state index in [9.17, 15) is 19.5 Å². The molecular formula is C23H30Cl2O6. The zero-order valence-electron chi connectivity index (χ0n) is 18.2. The van der Waals surface area contributed by atoms with Gasteiger partial charge in [0.15, 0.2) is 5.78 Å². The number of methoxy groups -OCH3 is 1. The van der Waals surface area contributed by atoms with E-state index in [1.54, 1.807) is 6.08 Å². The normalized spacial score (nSPS) is 44.1. The van der Waals surface area contributed by atoms with E-state index in [1.807, 2.05) is 6.92 Å². The molecule has 4 aliphatic rings. The first-order chi connectivity index (χ1) is 14.5. The summed E-state index contributed by atoms with van der Waals surface area (Å²) in [6.07, 6.45) is 5.23. The summed E-state index contributed by atoms with van der Waals surface area (Å²) in [7, 11) is 1.27. The van der Waals surface area contributed by atoms with Crippen LogP contribution in [0.2, 0.25) is 0 Å². The standard InChI is InChI=1S/C23H30Cl2O6/c1-21-8-6-13(26)10-12(21)4-5-14-15-7-9-23(20(29)30-3,31-19(28)18(24)25)22(15,2)11-16(27)17(14)21/h10,14-18,27H,4-9,11H2,1-3H3/t14-,15-,16?,17-,21-,22-,23?/m0/s1. The first-order valence-electron chi connectivity index (χ1n) is 11.0. The van der Waals surface area contributed by atoms with Crippen LogP contribution in [0.3, 0.4) is 0 Å². The quantitative estimate of drug-likeness (QED) is 0.496. The van der Waals surface area contributed by atoms with Crippen LogP contribution in [0.25, 0.3) is 0 Å². The molecule has 2 unspecified atom stereocenters. The summed E-state index contributed by atoms with van der Waals surface area (Å²) in [4.78, 5) is 36.0. The molecule has 0 spiro atoms. The number of fused-ring (bicyclic) bond motifs is 5. The Hall–Kier alpha value is -1.11. The number of alkyl halides is 2. The fraction of sp³-hybridized carbons (Fsp3) is 0.783. The third kappa shape index (κ3) is 3.19. The minimum absolute atomic E-state index is 0.00312. The summed E-state index contributed by atoms with van der Waals surface area (Å²) in [6.45, 7) is 4.09. The molecule has 0 bridgehead atoms. The Labute approximate surface area is 192 Å². The highest BCUT2D eigenvalue weighted by molar-refractivity contribution is 6.53. The second-order valence-electron chi connectivity index (χ2n) is 10.2. The van der Waals surface area contributed by atoms with E-state index in [4.69, 9.17) is 32.7 Å². The summed E-state index contributed by atoms with van der Waals surface area (Å²) in [5, 5.41) is 11.5. The van der Waals surface area contributed by atoms with E-state index >= 15 is 0 Å². The lowest BCUT2D eigenvalue weighted by atomic mass is 9.45. The molecule has 4 aliphatic carbocycles. The van der Waals surface area contributed by atoms with E-state index in [0.29, 0.717) is 25.7 Å². The molecule has 0 amide bonds. The van der Waals surface area contributed by atoms with Crippen molar-refractivity contribution in [3.8, 4) is 0 Å². The van der Waals surface area contributed by atoms with Crippen LogP contribution in [0.4, 0.5) is 0 Å². The maximum Gasteiger partial charge on any atom is 0.350 e.